The molecule has 1 aliphatic carbocycles. The van der Waals surface area contributed by atoms with E-state index in [0.29, 0.717) is 32.0 Å². The monoisotopic (exact) mass is 467 g/mol. The van der Waals surface area contributed by atoms with Crippen molar-refractivity contribution in [1.82, 2.24) is 0 Å². The molecule has 1 saturated heterocycles. The van der Waals surface area contributed by atoms with Crippen LogP contribution in [0.1, 0.15) is 42.5 Å². The standard InChI is InChI=1S/C25H29N3O6/c29-24(27(20-7-3-1-4-8-20)21-9-5-2-6-10-21)18-34-25(30)19-11-12-22(23(17-19)28(31)32)26-13-15-33-16-14-26/h1,3-4,7-8,11-12,17,21H,2,5-6,9-10,13-16,18H2. The number of benzene rings is 2. The molecule has 0 N–H and O–H groups in total. The summed E-state index contributed by atoms with van der Waals surface area (Å²) in [4.78, 5) is 40.6. The summed E-state index contributed by atoms with van der Waals surface area (Å²) in [6.45, 7) is 1.62. The Bertz CT molecular complexity index is 1020. The van der Waals surface area contributed by atoms with Crippen LogP contribution in [0.3, 0.4) is 0 Å². The van der Waals surface area contributed by atoms with Crippen LogP contribution in [0.15, 0.2) is 48.5 Å². The number of hydrogen-bond donors (Lipinski definition) is 0. The molecule has 2 aromatic rings. The van der Waals surface area contributed by atoms with Gasteiger partial charge in [-0.1, -0.05) is 37.5 Å². The van der Waals surface area contributed by atoms with E-state index in [2.05, 4.69) is 0 Å². The van der Waals surface area contributed by atoms with Crippen LogP contribution < -0.4 is 9.80 Å². The molecule has 0 radical (unpaired) electrons. The van der Waals surface area contributed by atoms with Crippen LogP contribution in [-0.4, -0.2) is 55.8 Å². The summed E-state index contributed by atoms with van der Waals surface area (Å²) in [5.74, 6) is -1.06. The number of nitro groups is 1. The maximum atomic E-state index is 13.1. The maximum Gasteiger partial charge on any atom is 0.338 e. The van der Waals surface area contributed by atoms with Crippen molar-refractivity contribution in [3.05, 3.63) is 64.2 Å². The number of ether oxygens (including phenoxy) is 2. The lowest BCUT2D eigenvalue weighted by Crippen LogP contribution is -2.43. The summed E-state index contributed by atoms with van der Waals surface area (Å²) in [6.07, 6.45) is 5.08. The second-order valence-electron chi connectivity index (χ2n) is 8.53. The average molecular weight is 468 g/mol. The molecule has 9 heteroatoms. The Morgan fingerprint density at radius 1 is 1.06 bits per heavy atom. The molecule has 0 unspecified atom stereocenters. The number of nitro benzene ring substituents is 1. The minimum atomic E-state index is -0.762. The van der Waals surface area contributed by atoms with Crippen molar-refractivity contribution in [1.29, 1.82) is 0 Å². The number of amides is 1. The number of anilines is 2. The summed E-state index contributed by atoms with van der Waals surface area (Å²) in [6, 6.07) is 13.7. The van der Waals surface area contributed by atoms with Crippen LogP contribution in [0.4, 0.5) is 17.1 Å². The molecule has 0 atom stereocenters. The number of carbonyl (C=O) groups is 2. The van der Waals surface area contributed by atoms with Gasteiger partial charge in [-0.3, -0.25) is 14.9 Å². The number of morpholine rings is 1. The van der Waals surface area contributed by atoms with Crippen molar-refractivity contribution in [2.45, 2.75) is 38.1 Å². The van der Waals surface area contributed by atoms with Crippen molar-refractivity contribution in [2.24, 2.45) is 0 Å². The molecular weight excluding hydrogens is 438 g/mol. The largest absolute Gasteiger partial charge is 0.452 e. The number of hydrogen-bond acceptors (Lipinski definition) is 7. The van der Waals surface area contributed by atoms with E-state index in [1.807, 2.05) is 35.2 Å². The predicted octanol–water partition coefficient (Wildman–Crippen LogP) is 3.95. The minimum Gasteiger partial charge on any atom is -0.452 e. The quantitative estimate of drug-likeness (QED) is 0.345. The molecule has 0 aromatic heterocycles. The van der Waals surface area contributed by atoms with Crippen LogP contribution in [0, 0.1) is 10.1 Å². The first-order valence-corrected chi connectivity index (χ1v) is 11.7. The molecule has 4 rings (SSSR count). The van der Waals surface area contributed by atoms with Gasteiger partial charge in [0.1, 0.15) is 5.69 Å². The average Bonchev–Trinajstić information content (AvgIpc) is 2.89. The number of carbonyl (C=O) groups excluding carboxylic acids is 2. The molecule has 1 aliphatic heterocycles. The second kappa shape index (κ2) is 11.1. The van der Waals surface area contributed by atoms with E-state index in [9.17, 15) is 19.7 Å². The molecule has 2 fully saturated rings. The smallest absolute Gasteiger partial charge is 0.338 e. The van der Waals surface area contributed by atoms with Crippen molar-refractivity contribution < 1.29 is 24.0 Å². The molecular formula is C25H29N3O6. The topological polar surface area (TPSA) is 102 Å². The number of nitrogens with zero attached hydrogens (tertiary/aromatic N) is 3. The first kappa shape index (κ1) is 23.7. The molecule has 2 aromatic carbocycles. The van der Waals surface area contributed by atoms with E-state index in [4.69, 9.17) is 9.47 Å². The van der Waals surface area contributed by atoms with Crippen molar-refractivity contribution in [2.75, 3.05) is 42.7 Å². The number of rotatable bonds is 7. The van der Waals surface area contributed by atoms with Gasteiger partial charge in [0.05, 0.1) is 23.7 Å². The van der Waals surface area contributed by atoms with Crippen LogP contribution in [-0.2, 0) is 14.3 Å². The van der Waals surface area contributed by atoms with E-state index in [1.54, 1.807) is 11.0 Å². The Labute approximate surface area is 198 Å². The molecule has 0 bridgehead atoms. The zero-order chi connectivity index (χ0) is 23.9. The lowest BCUT2D eigenvalue weighted by Gasteiger charge is -2.34. The van der Waals surface area contributed by atoms with E-state index < -0.39 is 17.5 Å². The van der Waals surface area contributed by atoms with Crippen LogP contribution in [0.25, 0.3) is 0 Å². The SMILES string of the molecule is O=C(OCC(=O)N(c1ccccc1)C1CCCCC1)c1ccc(N2CCOCC2)c([N+](=O)[O-])c1. The van der Waals surface area contributed by atoms with E-state index >= 15 is 0 Å². The van der Waals surface area contributed by atoms with Gasteiger partial charge in [-0.15, -0.1) is 0 Å². The molecule has 9 nitrogen and oxygen atoms in total. The second-order valence-corrected chi connectivity index (χ2v) is 8.53. The van der Waals surface area contributed by atoms with Gasteiger partial charge in [-0.25, -0.2) is 4.79 Å². The lowest BCUT2D eigenvalue weighted by molar-refractivity contribution is -0.384. The van der Waals surface area contributed by atoms with Gasteiger partial charge < -0.3 is 19.3 Å². The third-order valence-corrected chi connectivity index (χ3v) is 6.33. The van der Waals surface area contributed by atoms with Gasteiger partial charge in [0.2, 0.25) is 0 Å². The van der Waals surface area contributed by atoms with Gasteiger partial charge in [0, 0.05) is 30.9 Å². The summed E-state index contributed by atoms with van der Waals surface area (Å²) in [5, 5.41) is 11.7. The Kier molecular flexibility index (Phi) is 7.74. The highest BCUT2D eigenvalue weighted by Gasteiger charge is 2.28. The summed E-state index contributed by atoms with van der Waals surface area (Å²) < 4.78 is 10.6. The van der Waals surface area contributed by atoms with Gasteiger partial charge in [-0.2, -0.15) is 0 Å². The van der Waals surface area contributed by atoms with Gasteiger partial charge in [0.25, 0.3) is 11.6 Å². The Balaban J connectivity index is 1.46. The highest BCUT2D eigenvalue weighted by Crippen LogP contribution is 2.31. The molecule has 0 spiro atoms. The third kappa shape index (κ3) is 5.53. The number of para-hydroxylation sites is 1. The Hall–Kier alpha value is -3.46. The first-order chi connectivity index (χ1) is 16.5. The Morgan fingerprint density at radius 3 is 2.44 bits per heavy atom. The first-order valence-electron chi connectivity index (χ1n) is 11.7. The Morgan fingerprint density at radius 2 is 1.76 bits per heavy atom. The molecule has 180 valence electrons. The van der Waals surface area contributed by atoms with E-state index in [1.165, 1.54) is 12.1 Å². The maximum absolute atomic E-state index is 13.1. The predicted molar refractivity (Wildman–Crippen MR) is 127 cm³/mol. The van der Waals surface area contributed by atoms with Crippen molar-refractivity contribution >= 4 is 28.9 Å². The van der Waals surface area contributed by atoms with Crippen LogP contribution in [0.5, 0.6) is 0 Å². The highest BCUT2D eigenvalue weighted by molar-refractivity contribution is 5.98. The zero-order valence-corrected chi connectivity index (χ0v) is 19.1. The van der Waals surface area contributed by atoms with Gasteiger partial charge in [0.15, 0.2) is 6.61 Å². The van der Waals surface area contributed by atoms with Crippen molar-refractivity contribution in [3.63, 3.8) is 0 Å². The highest BCUT2D eigenvalue weighted by atomic mass is 16.6. The van der Waals surface area contributed by atoms with Gasteiger partial charge in [-0.05, 0) is 37.1 Å². The molecule has 1 amide bonds. The lowest BCUT2D eigenvalue weighted by atomic mass is 9.93. The zero-order valence-electron chi connectivity index (χ0n) is 19.1. The fraction of sp³-hybridized carbons (Fsp3) is 0.440. The third-order valence-electron chi connectivity index (χ3n) is 6.33. The summed E-state index contributed by atoms with van der Waals surface area (Å²) in [7, 11) is 0. The minimum absolute atomic E-state index is 0.0421. The fourth-order valence-corrected chi connectivity index (χ4v) is 4.63. The normalized spacial score (nSPS) is 16.6. The van der Waals surface area contributed by atoms with Crippen LogP contribution >= 0.6 is 0 Å². The van der Waals surface area contributed by atoms with Crippen molar-refractivity contribution in [3.8, 4) is 0 Å². The molecule has 34 heavy (non-hydrogen) atoms. The summed E-state index contributed by atoms with van der Waals surface area (Å²) >= 11 is 0. The van der Waals surface area contributed by atoms with E-state index in [-0.39, 0.29) is 23.2 Å². The fourth-order valence-electron chi connectivity index (χ4n) is 4.63. The molecule has 1 heterocycles. The molecule has 2 aliphatic rings. The van der Waals surface area contributed by atoms with E-state index in [0.717, 1.165) is 37.8 Å². The van der Waals surface area contributed by atoms with Crippen LogP contribution in [0.2, 0.25) is 0 Å². The number of esters is 1. The molecule has 1 saturated carbocycles. The van der Waals surface area contributed by atoms with Gasteiger partial charge >= 0.3 is 5.97 Å². The summed E-state index contributed by atoms with van der Waals surface area (Å²) in [5.41, 5.74) is 1.09.